The maximum absolute atomic E-state index is 4.33. The largest absolute Gasteiger partial charge is 0.336 e. The van der Waals surface area contributed by atoms with Crippen LogP contribution in [0.25, 0.3) is 11.0 Å². The first-order valence-electron chi connectivity index (χ1n) is 5.26. The fraction of sp³-hybridized carbons (Fsp3) is 0.182. The van der Waals surface area contributed by atoms with Gasteiger partial charge in [0.15, 0.2) is 5.82 Å². The predicted molar refractivity (Wildman–Crippen MR) is 65.0 cm³/mol. The molecule has 0 atom stereocenters. The van der Waals surface area contributed by atoms with E-state index in [1.807, 2.05) is 30.9 Å². The second-order valence-electron chi connectivity index (χ2n) is 3.91. The Kier molecular flexibility index (Phi) is 2.07. The minimum Gasteiger partial charge on any atom is -0.336 e. The van der Waals surface area contributed by atoms with Crippen molar-refractivity contribution < 1.29 is 0 Å². The highest BCUT2D eigenvalue weighted by molar-refractivity contribution is 5.87. The summed E-state index contributed by atoms with van der Waals surface area (Å²) in [6.45, 7) is 0. The molecule has 1 N–H and O–H groups in total. The number of hydrogen-bond acceptors (Lipinski definition) is 4. The van der Waals surface area contributed by atoms with E-state index in [2.05, 4.69) is 20.4 Å². The molecule has 0 saturated carbocycles. The Balaban J connectivity index is 2.05. The van der Waals surface area contributed by atoms with Crippen molar-refractivity contribution in [3.05, 3.63) is 31.0 Å². The summed E-state index contributed by atoms with van der Waals surface area (Å²) in [7, 11) is 3.84. The van der Waals surface area contributed by atoms with Gasteiger partial charge < -0.3 is 9.88 Å². The minimum absolute atomic E-state index is 0.746. The smallest absolute Gasteiger partial charge is 0.158 e. The minimum atomic E-state index is 0.746. The maximum atomic E-state index is 4.33. The Morgan fingerprint density at radius 3 is 2.88 bits per heavy atom. The zero-order chi connectivity index (χ0) is 11.8. The van der Waals surface area contributed by atoms with E-state index in [0.29, 0.717) is 0 Å². The van der Waals surface area contributed by atoms with Crippen LogP contribution in [0.4, 0.5) is 11.5 Å². The van der Waals surface area contributed by atoms with Crippen LogP contribution in [0.3, 0.4) is 0 Å². The standard InChI is InChI=1S/C11H12N6/c1-16-7-13-10-9(16)3-4-12-11(10)15-8-5-14-17(2)6-8/h3-7H,1-2H3,(H,12,15). The van der Waals surface area contributed by atoms with Gasteiger partial charge in [0.05, 0.1) is 23.7 Å². The predicted octanol–water partition coefficient (Wildman–Crippen LogP) is 1.45. The van der Waals surface area contributed by atoms with E-state index in [4.69, 9.17) is 0 Å². The van der Waals surface area contributed by atoms with Gasteiger partial charge in [-0.15, -0.1) is 0 Å². The van der Waals surface area contributed by atoms with E-state index in [1.54, 1.807) is 23.4 Å². The highest BCUT2D eigenvalue weighted by atomic mass is 15.3. The van der Waals surface area contributed by atoms with Gasteiger partial charge in [0.25, 0.3) is 0 Å². The summed E-state index contributed by atoms with van der Waals surface area (Å²) in [5.74, 6) is 0.746. The Morgan fingerprint density at radius 1 is 1.24 bits per heavy atom. The molecule has 3 aromatic rings. The first-order valence-corrected chi connectivity index (χ1v) is 5.26. The zero-order valence-electron chi connectivity index (χ0n) is 9.62. The van der Waals surface area contributed by atoms with E-state index in [-0.39, 0.29) is 0 Å². The van der Waals surface area contributed by atoms with Gasteiger partial charge in [0, 0.05) is 26.5 Å². The molecule has 3 heterocycles. The van der Waals surface area contributed by atoms with E-state index in [9.17, 15) is 0 Å². The highest BCUT2D eigenvalue weighted by Gasteiger charge is 2.07. The average molecular weight is 228 g/mol. The number of rotatable bonds is 2. The zero-order valence-corrected chi connectivity index (χ0v) is 9.62. The van der Waals surface area contributed by atoms with Crippen molar-refractivity contribution in [3.63, 3.8) is 0 Å². The van der Waals surface area contributed by atoms with E-state index >= 15 is 0 Å². The van der Waals surface area contributed by atoms with Gasteiger partial charge in [0.1, 0.15) is 5.52 Å². The molecule has 0 amide bonds. The Morgan fingerprint density at radius 2 is 2.12 bits per heavy atom. The third-order valence-corrected chi connectivity index (χ3v) is 2.61. The molecular formula is C11H12N6. The number of fused-ring (bicyclic) bond motifs is 1. The molecule has 0 aromatic carbocycles. The molecule has 0 unspecified atom stereocenters. The number of anilines is 2. The van der Waals surface area contributed by atoms with Crippen LogP contribution in [0.5, 0.6) is 0 Å². The fourth-order valence-electron chi connectivity index (χ4n) is 1.78. The van der Waals surface area contributed by atoms with Crippen LogP contribution in [-0.2, 0) is 14.1 Å². The molecule has 86 valence electrons. The third kappa shape index (κ3) is 1.63. The molecule has 6 heteroatoms. The van der Waals surface area contributed by atoms with Crippen LogP contribution >= 0.6 is 0 Å². The van der Waals surface area contributed by atoms with Crippen LogP contribution in [0, 0.1) is 0 Å². The van der Waals surface area contributed by atoms with Crippen LogP contribution in [0.1, 0.15) is 0 Å². The van der Waals surface area contributed by atoms with E-state index < -0.39 is 0 Å². The molecule has 3 aromatic heterocycles. The summed E-state index contributed by atoms with van der Waals surface area (Å²) < 4.78 is 3.70. The summed E-state index contributed by atoms with van der Waals surface area (Å²) >= 11 is 0. The van der Waals surface area contributed by atoms with Crippen molar-refractivity contribution in [2.45, 2.75) is 0 Å². The van der Waals surface area contributed by atoms with E-state index in [1.165, 1.54) is 0 Å². The van der Waals surface area contributed by atoms with Gasteiger partial charge in [-0.1, -0.05) is 0 Å². The maximum Gasteiger partial charge on any atom is 0.158 e. The number of nitrogens with zero attached hydrogens (tertiary/aromatic N) is 5. The van der Waals surface area contributed by atoms with Crippen molar-refractivity contribution >= 4 is 22.5 Å². The fourth-order valence-corrected chi connectivity index (χ4v) is 1.78. The van der Waals surface area contributed by atoms with Gasteiger partial charge in [-0.2, -0.15) is 5.10 Å². The van der Waals surface area contributed by atoms with Gasteiger partial charge in [0.2, 0.25) is 0 Å². The molecule has 0 radical (unpaired) electrons. The van der Waals surface area contributed by atoms with Crippen molar-refractivity contribution in [1.82, 2.24) is 24.3 Å². The Bertz CT molecular complexity index is 665. The summed E-state index contributed by atoms with van der Waals surface area (Å²) in [6.07, 6.45) is 7.19. The lowest BCUT2D eigenvalue weighted by molar-refractivity contribution is 0.768. The van der Waals surface area contributed by atoms with Gasteiger partial charge >= 0.3 is 0 Å². The molecule has 6 nitrogen and oxygen atoms in total. The van der Waals surface area contributed by atoms with Crippen LogP contribution in [0.2, 0.25) is 0 Å². The lowest BCUT2D eigenvalue weighted by Crippen LogP contribution is -1.94. The SMILES string of the molecule is Cn1cc(Nc2nccc3c2ncn3C)cn1. The normalized spacial score (nSPS) is 10.9. The molecule has 17 heavy (non-hydrogen) atoms. The molecule has 0 fully saturated rings. The number of pyridine rings is 1. The lowest BCUT2D eigenvalue weighted by atomic mass is 10.3. The molecule has 0 bridgehead atoms. The number of imidazole rings is 1. The van der Waals surface area contributed by atoms with Crippen molar-refractivity contribution in [1.29, 1.82) is 0 Å². The summed E-state index contributed by atoms with van der Waals surface area (Å²) in [5.41, 5.74) is 2.81. The Hall–Kier alpha value is -2.37. The van der Waals surface area contributed by atoms with Crippen LogP contribution < -0.4 is 5.32 Å². The molecule has 0 aliphatic rings. The molecule has 0 spiro atoms. The van der Waals surface area contributed by atoms with Gasteiger partial charge in [-0.25, -0.2) is 9.97 Å². The Labute approximate surface area is 97.9 Å². The van der Waals surface area contributed by atoms with Crippen molar-refractivity contribution in [2.24, 2.45) is 14.1 Å². The quantitative estimate of drug-likeness (QED) is 0.721. The molecular weight excluding hydrogens is 216 g/mol. The number of aromatic nitrogens is 5. The summed E-state index contributed by atoms with van der Waals surface area (Å²) in [5, 5.41) is 7.31. The monoisotopic (exact) mass is 228 g/mol. The first kappa shape index (κ1) is 9.83. The lowest BCUT2D eigenvalue weighted by Gasteiger charge is -2.03. The van der Waals surface area contributed by atoms with Crippen molar-refractivity contribution in [3.8, 4) is 0 Å². The average Bonchev–Trinajstić information content (AvgIpc) is 2.88. The van der Waals surface area contributed by atoms with Gasteiger partial charge in [-0.3, -0.25) is 4.68 Å². The summed E-state index contributed by atoms with van der Waals surface area (Å²) in [4.78, 5) is 8.63. The second-order valence-corrected chi connectivity index (χ2v) is 3.91. The molecule has 0 aliphatic carbocycles. The first-order chi connectivity index (χ1) is 8.24. The third-order valence-electron chi connectivity index (χ3n) is 2.61. The molecule has 3 rings (SSSR count). The molecule has 0 saturated heterocycles. The number of hydrogen-bond donors (Lipinski definition) is 1. The van der Waals surface area contributed by atoms with E-state index in [0.717, 1.165) is 22.5 Å². The van der Waals surface area contributed by atoms with Crippen molar-refractivity contribution in [2.75, 3.05) is 5.32 Å². The number of aryl methyl sites for hydroxylation is 2. The van der Waals surface area contributed by atoms with Gasteiger partial charge in [-0.05, 0) is 6.07 Å². The second kappa shape index (κ2) is 3.58. The molecule has 0 aliphatic heterocycles. The highest BCUT2D eigenvalue weighted by Crippen LogP contribution is 2.21. The number of nitrogens with one attached hydrogen (secondary N) is 1. The van der Waals surface area contributed by atoms with Crippen LogP contribution in [0.15, 0.2) is 31.0 Å². The van der Waals surface area contributed by atoms with Crippen LogP contribution in [-0.4, -0.2) is 24.3 Å². The summed E-state index contributed by atoms with van der Waals surface area (Å²) in [6, 6.07) is 1.94. The topological polar surface area (TPSA) is 60.6 Å².